The van der Waals surface area contributed by atoms with E-state index in [0.717, 1.165) is 81.0 Å². The highest BCUT2D eigenvalue weighted by molar-refractivity contribution is 7.26. The van der Waals surface area contributed by atoms with E-state index < -0.39 is 18.1 Å². The maximum atomic E-state index is 9.05. The van der Waals surface area contributed by atoms with E-state index in [-0.39, 0.29) is 28.9 Å². The lowest BCUT2D eigenvalue weighted by atomic mass is 9.82. The lowest BCUT2D eigenvalue weighted by Gasteiger charge is -2.21. The Balaban J connectivity index is 1.18. The number of aromatic nitrogens is 4. The minimum atomic E-state index is -0.478. The Hall–Kier alpha value is -7.21. The monoisotopic (exact) mass is 777 g/mol. The largest absolute Gasteiger partial charge is 0.309 e. The van der Waals surface area contributed by atoms with Gasteiger partial charge in [-0.15, -0.1) is 11.3 Å². The molecule has 0 atom stereocenters. The van der Waals surface area contributed by atoms with Gasteiger partial charge in [0.2, 0.25) is 0 Å². The van der Waals surface area contributed by atoms with Crippen molar-refractivity contribution in [1.82, 2.24) is 19.5 Å². The first-order chi connectivity index (χ1) is 31.1. The molecular weight excluding hydrogens is 737 g/mol. The summed E-state index contributed by atoms with van der Waals surface area (Å²) in [6.07, 6.45) is 0. The Morgan fingerprint density at radius 2 is 1.12 bits per heavy atom. The van der Waals surface area contributed by atoms with E-state index in [1.54, 1.807) is 11.3 Å². The van der Waals surface area contributed by atoms with E-state index in [9.17, 15) is 0 Å². The van der Waals surface area contributed by atoms with Crippen LogP contribution in [-0.2, 0) is 5.41 Å². The fourth-order valence-corrected chi connectivity index (χ4v) is 10.4. The molecule has 5 heteroatoms. The molecule has 3 heterocycles. The van der Waals surface area contributed by atoms with Gasteiger partial charge in [0.25, 0.3) is 0 Å². The van der Waals surface area contributed by atoms with Crippen molar-refractivity contribution in [2.75, 3.05) is 0 Å². The number of fused-ring (bicyclic) bond motifs is 9. The highest BCUT2D eigenvalue weighted by atomic mass is 32.1. The molecule has 3 aromatic heterocycles. The molecule has 1 aliphatic rings. The van der Waals surface area contributed by atoms with Crippen LogP contribution in [0.15, 0.2) is 182 Å². The molecule has 12 rings (SSSR count). The lowest BCUT2D eigenvalue weighted by molar-refractivity contribution is 0.660. The molecule has 4 nitrogen and oxygen atoms in total. The van der Waals surface area contributed by atoms with Gasteiger partial charge in [-0.1, -0.05) is 159 Å². The molecule has 0 spiro atoms. The van der Waals surface area contributed by atoms with E-state index in [2.05, 4.69) is 146 Å². The summed E-state index contributed by atoms with van der Waals surface area (Å²) in [4.78, 5) is 15.4. The Labute approximate surface area is 352 Å². The summed E-state index contributed by atoms with van der Waals surface area (Å²) in [6.45, 7) is 4.47. The third kappa shape index (κ3) is 5.25. The average molecular weight is 778 g/mol. The summed E-state index contributed by atoms with van der Waals surface area (Å²) in [7, 11) is 0. The molecule has 0 N–H and O–H groups in total. The lowest BCUT2D eigenvalue weighted by Crippen LogP contribution is -2.14. The first-order valence-electron chi connectivity index (χ1n) is 22.2. The van der Waals surface area contributed by atoms with Crippen LogP contribution >= 0.6 is 11.3 Å². The molecule has 11 aromatic rings. The quantitative estimate of drug-likeness (QED) is 0.175. The molecule has 1 aliphatic carbocycles. The molecule has 8 aromatic carbocycles. The van der Waals surface area contributed by atoms with Crippen LogP contribution in [0.1, 0.15) is 31.8 Å². The number of hydrogen-bond donors (Lipinski definition) is 0. The van der Waals surface area contributed by atoms with Gasteiger partial charge < -0.3 is 4.57 Å². The van der Waals surface area contributed by atoms with Crippen LogP contribution in [0.5, 0.6) is 0 Å². The van der Waals surface area contributed by atoms with Crippen LogP contribution in [0.3, 0.4) is 0 Å². The van der Waals surface area contributed by atoms with Crippen molar-refractivity contribution >= 4 is 53.3 Å². The number of hydrogen-bond acceptors (Lipinski definition) is 4. The van der Waals surface area contributed by atoms with Gasteiger partial charge in [-0.25, -0.2) is 15.0 Å². The van der Waals surface area contributed by atoms with Gasteiger partial charge in [0.1, 0.15) is 0 Å². The average Bonchev–Trinajstić information content (AvgIpc) is 3.95. The van der Waals surface area contributed by atoms with Crippen molar-refractivity contribution < 1.29 is 6.85 Å². The van der Waals surface area contributed by atoms with Crippen molar-refractivity contribution in [3.05, 3.63) is 193 Å². The third-order valence-electron chi connectivity index (χ3n) is 11.9. The van der Waals surface area contributed by atoms with Gasteiger partial charge in [-0.05, 0) is 69.8 Å². The normalized spacial score (nSPS) is 14.2. The molecule has 0 aliphatic heterocycles. The highest BCUT2D eigenvalue weighted by Gasteiger charge is 2.35. The minimum Gasteiger partial charge on any atom is -0.309 e. The first-order valence-corrected chi connectivity index (χ1v) is 20.5. The topological polar surface area (TPSA) is 43.6 Å². The second-order valence-corrected chi connectivity index (χ2v) is 16.7. The van der Waals surface area contributed by atoms with Crippen LogP contribution in [0, 0.1) is 0 Å². The summed E-state index contributed by atoms with van der Waals surface area (Å²) in [6, 6.07) is 50.7. The van der Waals surface area contributed by atoms with Gasteiger partial charge in [0, 0.05) is 58.7 Å². The predicted octanol–water partition coefficient (Wildman–Crippen LogP) is 14.3. The predicted molar refractivity (Wildman–Crippen MR) is 246 cm³/mol. The summed E-state index contributed by atoms with van der Waals surface area (Å²) >= 11 is 1.66. The number of para-hydroxylation sites is 2. The SMILES string of the molecule is [2H]c1c([2H])c([2H])c(-c2nc(-c3ccc4c(c3)-c3ccccc3C4(C)C)nc(-c3cc(-n4c5ccccc5c5ccccc54)cc4c3sc3cc(-c5ccccc5)ccc34)n2)c([2H])c1[2H]. The van der Waals surface area contributed by atoms with Gasteiger partial charge >= 0.3 is 0 Å². The van der Waals surface area contributed by atoms with Crippen LogP contribution in [-0.4, -0.2) is 19.5 Å². The van der Waals surface area contributed by atoms with Crippen LogP contribution in [0.4, 0.5) is 0 Å². The Morgan fingerprint density at radius 1 is 0.475 bits per heavy atom. The summed E-state index contributed by atoms with van der Waals surface area (Å²) in [5, 5.41) is 4.38. The number of benzene rings is 8. The zero-order valence-corrected chi connectivity index (χ0v) is 32.9. The number of nitrogens with zero attached hydrogens (tertiary/aromatic N) is 4. The number of thiophene rings is 1. The molecule has 0 saturated carbocycles. The van der Waals surface area contributed by atoms with Crippen molar-refractivity contribution in [2.24, 2.45) is 0 Å². The Morgan fingerprint density at radius 3 is 1.90 bits per heavy atom. The van der Waals surface area contributed by atoms with Crippen LogP contribution < -0.4 is 0 Å². The molecular formula is C54H36N4S. The Kier molecular flexibility index (Phi) is 6.36. The maximum Gasteiger partial charge on any atom is 0.165 e. The highest BCUT2D eigenvalue weighted by Crippen LogP contribution is 2.50. The molecule has 0 radical (unpaired) electrons. The number of rotatable bonds is 5. The van der Waals surface area contributed by atoms with Crippen molar-refractivity contribution in [1.29, 1.82) is 0 Å². The zero-order chi connectivity index (χ0) is 43.6. The second-order valence-electron chi connectivity index (χ2n) is 15.7. The van der Waals surface area contributed by atoms with E-state index in [0.29, 0.717) is 11.6 Å². The van der Waals surface area contributed by atoms with Gasteiger partial charge in [-0.2, -0.15) is 0 Å². The van der Waals surface area contributed by atoms with Crippen LogP contribution in [0.25, 0.3) is 104 Å². The molecule has 278 valence electrons. The molecule has 0 bridgehead atoms. The van der Waals surface area contributed by atoms with E-state index in [1.807, 2.05) is 24.3 Å². The zero-order valence-electron chi connectivity index (χ0n) is 37.1. The van der Waals surface area contributed by atoms with Crippen molar-refractivity contribution in [3.8, 4) is 62.1 Å². The van der Waals surface area contributed by atoms with Crippen molar-refractivity contribution in [2.45, 2.75) is 19.3 Å². The van der Waals surface area contributed by atoms with Crippen molar-refractivity contribution in [3.63, 3.8) is 0 Å². The maximum absolute atomic E-state index is 9.05. The van der Waals surface area contributed by atoms with Gasteiger partial charge in [0.15, 0.2) is 17.5 Å². The molecule has 0 fully saturated rings. The molecule has 0 saturated heterocycles. The smallest absolute Gasteiger partial charge is 0.165 e. The fourth-order valence-electron chi connectivity index (χ4n) is 9.13. The molecule has 59 heavy (non-hydrogen) atoms. The first kappa shape index (κ1) is 29.1. The fraction of sp³-hybridized carbons (Fsp3) is 0.0556. The Bertz CT molecular complexity index is 3700. The van der Waals surface area contributed by atoms with Crippen LogP contribution in [0.2, 0.25) is 0 Å². The minimum absolute atomic E-state index is 0.00104. The second kappa shape index (κ2) is 12.9. The third-order valence-corrected chi connectivity index (χ3v) is 13.1. The van der Waals surface area contributed by atoms with Gasteiger partial charge in [0.05, 0.1) is 17.9 Å². The van der Waals surface area contributed by atoms with Gasteiger partial charge in [-0.3, -0.25) is 0 Å². The summed E-state index contributed by atoms with van der Waals surface area (Å²) in [5.41, 5.74) is 11.1. The summed E-state index contributed by atoms with van der Waals surface area (Å²) in [5.74, 6) is 0.663. The standard InChI is InChI=1S/C54H36N4S/c1-54(2)45-22-12-9-19-38(45)42-29-36(26-28-46(42)54)52-55-51(34-17-7-4-8-18-34)56-53(57-52)44-32-37(58-47-23-13-10-20-39(47)40-21-11-14-24-48(40)58)31-43-41-27-25-35(30-49(41)59-50(43)44)33-15-5-3-6-16-33/h3-32H,1-2H3/i4D,7D,8D,17D,18D. The van der Waals surface area contributed by atoms with E-state index in [4.69, 9.17) is 21.8 Å². The van der Waals surface area contributed by atoms with E-state index >= 15 is 0 Å². The molecule has 0 amide bonds. The summed E-state index contributed by atoms with van der Waals surface area (Å²) < 4.78 is 48.1. The molecule has 0 unspecified atom stereocenters. The van der Waals surface area contributed by atoms with E-state index in [1.165, 1.54) is 11.1 Å².